The summed E-state index contributed by atoms with van der Waals surface area (Å²) in [5.74, 6) is 0. The van der Waals surface area contributed by atoms with Gasteiger partial charge in [0.25, 0.3) is 0 Å². The number of rotatable bonds is 1. The van der Waals surface area contributed by atoms with Crippen molar-refractivity contribution in [2.45, 2.75) is 6.92 Å². The van der Waals surface area contributed by atoms with Gasteiger partial charge >= 0.3 is 0 Å². The van der Waals surface area contributed by atoms with Gasteiger partial charge in [0.15, 0.2) is 0 Å². The minimum Gasteiger partial charge on any atom is -0.398 e. The Balaban J connectivity index is 2.45. The van der Waals surface area contributed by atoms with Gasteiger partial charge in [-0.15, -0.1) is 0 Å². The van der Waals surface area contributed by atoms with Gasteiger partial charge in [0, 0.05) is 21.9 Å². The van der Waals surface area contributed by atoms with E-state index in [2.05, 4.69) is 20.9 Å². The van der Waals surface area contributed by atoms with E-state index in [4.69, 9.17) is 5.73 Å². The Kier molecular flexibility index (Phi) is 2.73. The third-order valence-electron chi connectivity index (χ3n) is 2.28. The van der Waals surface area contributed by atoms with Crippen molar-refractivity contribution in [1.29, 1.82) is 0 Å². The average Bonchev–Trinajstić information content (AvgIpc) is 2.23. The fourth-order valence-corrected chi connectivity index (χ4v) is 1.58. The lowest BCUT2D eigenvalue weighted by Gasteiger charge is -2.04. The Labute approximate surface area is 97.3 Å². The zero-order valence-electron chi connectivity index (χ0n) is 8.37. The first-order valence-electron chi connectivity index (χ1n) is 4.65. The van der Waals surface area contributed by atoms with Crippen molar-refractivity contribution < 1.29 is 0 Å². The van der Waals surface area contributed by atoms with Crippen LogP contribution in [0.25, 0.3) is 11.3 Å². The number of nitrogen functional groups attached to an aromatic ring is 1. The number of aryl methyl sites for hydroxylation is 1. The van der Waals surface area contributed by atoms with Crippen molar-refractivity contribution in [3.05, 3.63) is 46.6 Å². The molecule has 2 nitrogen and oxygen atoms in total. The summed E-state index contributed by atoms with van der Waals surface area (Å²) in [5.41, 5.74) is 9.61. The van der Waals surface area contributed by atoms with Crippen LogP contribution in [0, 0.1) is 6.92 Å². The van der Waals surface area contributed by atoms with Crippen molar-refractivity contribution in [1.82, 2.24) is 4.98 Å². The predicted molar refractivity (Wildman–Crippen MR) is 66.5 cm³/mol. The Morgan fingerprint density at radius 3 is 2.47 bits per heavy atom. The summed E-state index contributed by atoms with van der Waals surface area (Å²) in [5, 5.41) is 0. The number of aromatic nitrogens is 1. The second-order valence-electron chi connectivity index (χ2n) is 3.43. The van der Waals surface area contributed by atoms with E-state index in [0.29, 0.717) is 0 Å². The molecule has 1 heterocycles. The van der Waals surface area contributed by atoms with E-state index in [-0.39, 0.29) is 0 Å². The topological polar surface area (TPSA) is 38.9 Å². The molecule has 0 spiro atoms. The van der Waals surface area contributed by atoms with Crippen molar-refractivity contribution >= 4 is 21.6 Å². The lowest BCUT2D eigenvalue weighted by molar-refractivity contribution is 1.27. The van der Waals surface area contributed by atoms with Crippen LogP contribution in [0.1, 0.15) is 5.56 Å². The van der Waals surface area contributed by atoms with E-state index in [1.165, 1.54) is 0 Å². The van der Waals surface area contributed by atoms with Crippen LogP contribution in [0.2, 0.25) is 0 Å². The standard InChI is InChI=1S/C12H11BrN2/c1-8-7-15-12(6-11(8)14)9-2-4-10(13)5-3-9/h2-7H,1H3,(H2,14,15). The molecule has 0 unspecified atom stereocenters. The summed E-state index contributed by atoms with van der Waals surface area (Å²) in [6.07, 6.45) is 1.80. The number of benzene rings is 1. The van der Waals surface area contributed by atoms with Crippen molar-refractivity contribution in [3.8, 4) is 11.3 Å². The Morgan fingerprint density at radius 2 is 1.87 bits per heavy atom. The van der Waals surface area contributed by atoms with E-state index in [1.807, 2.05) is 37.3 Å². The molecule has 2 aromatic rings. The van der Waals surface area contributed by atoms with E-state index < -0.39 is 0 Å². The van der Waals surface area contributed by atoms with Gasteiger partial charge in [-0.05, 0) is 30.7 Å². The minimum absolute atomic E-state index is 0.780. The van der Waals surface area contributed by atoms with E-state index in [9.17, 15) is 0 Å². The third kappa shape index (κ3) is 2.18. The highest BCUT2D eigenvalue weighted by Gasteiger charge is 2.01. The number of hydrogen-bond donors (Lipinski definition) is 1. The monoisotopic (exact) mass is 262 g/mol. The summed E-state index contributed by atoms with van der Waals surface area (Å²) in [4.78, 5) is 4.34. The molecule has 15 heavy (non-hydrogen) atoms. The largest absolute Gasteiger partial charge is 0.398 e. The first-order valence-corrected chi connectivity index (χ1v) is 5.44. The molecule has 1 aromatic carbocycles. The molecule has 0 saturated heterocycles. The maximum Gasteiger partial charge on any atom is 0.0722 e. The zero-order chi connectivity index (χ0) is 10.8. The van der Waals surface area contributed by atoms with Gasteiger partial charge < -0.3 is 5.73 Å². The van der Waals surface area contributed by atoms with Gasteiger partial charge in [-0.1, -0.05) is 28.1 Å². The van der Waals surface area contributed by atoms with Crippen LogP contribution in [0.5, 0.6) is 0 Å². The first-order chi connectivity index (χ1) is 7.16. The fourth-order valence-electron chi connectivity index (χ4n) is 1.32. The molecule has 76 valence electrons. The maximum absolute atomic E-state index is 5.84. The molecule has 0 bridgehead atoms. The molecular weight excluding hydrogens is 252 g/mol. The lowest BCUT2D eigenvalue weighted by Crippen LogP contribution is -1.92. The maximum atomic E-state index is 5.84. The summed E-state index contributed by atoms with van der Waals surface area (Å²) in [6.45, 7) is 1.95. The summed E-state index contributed by atoms with van der Waals surface area (Å²) >= 11 is 3.40. The first kappa shape index (κ1) is 10.2. The molecule has 0 radical (unpaired) electrons. The normalized spacial score (nSPS) is 10.3. The van der Waals surface area contributed by atoms with Crippen LogP contribution in [-0.4, -0.2) is 4.98 Å². The zero-order valence-corrected chi connectivity index (χ0v) is 9.95. The molecule has 0 fully saturated rings. The van der Waals surface area contributed by atoms with Crippen molar-refractivity contribution in [2.24, 2.45) is 0 Å². The highest BCUT2D eigenvalue weighted by molar-refractivity contribution is 9.10. The number of pyridine rings is 1. The minimum atomic E-state index is 0.780. The molecule has 3 heteroatoms. The molecule has 0 amide bonds. The van der Waals surface area contributed by atoms with E-state index in [0.717, 1.165) is 27.0 Å². The molecule has 2 N–H and O–H groups in total. The van der Waals surface area contributed by atoms with Gasteiger partial charge in [0.1, 0.15) is 0 Å². The smallest absolute Gasteiger partial charge is 0.0722 e. The Hall–Kier alpha value is -1.35. The molecule has 0 aliphatic rings. The van der Waals surface area contributed by atoms with Gasteiger partial charge in [0.05, 0.1) is 5.69 Å². The SMILES string of the molecule is Cc1cnc(-c2ccc(Br)cc2)cc1N. The predicted octanol–water partition coefficient (Wildman–Crippen LogP) is 3.40. The highest BCUT2D eigenvalue weighted by atomic mass is 79.9. The number of nitrogens with two attached hydrogens (primary N) is 1. The second-order valence-corrected chi connectivity index (χ2v) is 4.35. The summed E-state index contributed by atoms with van der Waals surface area (Å²) in [6, 6.07) is 9.92. The molecule has 0 aliphatic carbocycles. The molecule has 0 saturated carbocycles. The van der Waals surface area contributed by atoms with Crippen molar-refractivity contribution in [3.63, 3.8) is 0 Å². The quantitative estimate of drug-likeness (QED) is 0.856. The van der Waals surface area contributed by atoms with Crippen LogP contribution in [0.3, 0.4) is 0 Å². The third-order valence-corrected chi connectivity index (χ3v) is 2.81. The number of hydrogen-bond acceptors (Lipinski definition) is 2. The fraction of sp³-hybridized carbons (Fsp3) is 0.0833. The van der Waals surface area contributed by atoms with Crippen LogP contribution >= 0.6 is 15.9 Å². The number of anilines is 1. The Morgan fingerprint density at radius 1 is 1.20 bits per heavy atom. The Bertz CT molecular complexity index is 477. The second kappa shape index (κ2) is 4.03. The van der Waals surface area contributed by atoms with Crippen LogP contribution < -0.4 is 5.73 Å². The van der Waals surface area contributed by atoms with Gasteiger partial charge in [-0.25, -0.2) is 0 Å². The number of nitrogens with zero attached hydrogens (tertiary/aromatic N) is 1. The molecule has 0 aliphatic heterocycles. The molecule has 1 aromatic heterocycles. The van der Waals surface area contributed by atoms with Crippen LogP contribution in [-0.2, 0) is 0 Å². The van der Waals surface area contributed by atoms with Crippen molar-refractivity contribution in [2.75, 3.05) is 5.73 Å². The molecule has 2 rings (SSSR count). The number of halogens is 1. The molecular formula is C12H11BrN2. The van der Waals surface area contributed by atoms with Gasteiger partial charge in [0.2, 0.25) is 0 Å². The van der Waals surface area contributed by atoms with Crippen LogP contribution in [0.15, 0.2) is 41.0 Å². The van der Waals surface area contributed by atoms with Gasteiger partial charge in [-0.3, -0.25) is 4.98 Å². The summed E-state index contributed by atoms with van der Waals surface area (Å²) < 4.78 is 1.06. The summed E-state index contributed by atoms with van der Waals surface area (Å²) in [7, 11) is 0. The lowest BCUT2D eigenvalue weighted by atomic mass is 10.1. The van der Waals surface area contributed by atoms with E-state index >= 15 is 0 Å². The van der Waals surface area contributed by atoms with Gasteiger partial charge in [-0.2, -0.15) is 0 Å². The average molecular weight is 263 g/mol. The van der Waals surface area contributed by atoms with Crippen LogP contribution in [0.4, 0.5) is 5.69 Å². The van der Waals surface area contributed by atoms with E-state index in [1.54, 1.807) is 6.20 Å². The highest BCUT2D eigenvalue weighted by Crippen LogP contribution is 2.22. The molecule has 0 atom stereocenters.